The van der Waals surface area contributed by atoms with Crippen LogP contribution in [-0.4, -0.2) is 43.5 Å². The second-order valence-electron chi connectivity index (χ2n) is 5.67. The third-order valence-corrected chi connectivity index (χ3v) is 3.86. The van der Waals surface area contributed by atoms with E-state index in [-0.39, 0.29) is 18.3 Å². The van der Waals surface area contributed by atoms with E-state index < -0.39 is 0 Å². The van der Waals surface area contributed by atoms with Crippen molar-refractivity contribution in [1.82, 2.24) is 10.2 Å². The number of hydrogen-bond donors (Lipinski definition) is 2. The normalized spacial score (nSPS) is 18.7. The van der Waals surface area contributed by atoms with Gasteiger partial charge < -0.3 is 10.6 Å². The molecule has 1 aromatic carbocycles. The molecule has 1 aromatic rings. The summed E-state index contributed by atoms with van der Waals surface area (Å²) in [5, 5.41) is 6.38. The van der Waals surface area contributed by atoms with Gasteiger partial charge in [-0.1, -0.05) is 12.1 Å². The number of carbonyl (C=O) groups is 1. The van der Waals surface area contributed by atoms with E-state index >= 15 is 0 Å². The van der Waals surface area contributed by atoms with Gasteiger partial charge in [0.2, 0.25) is 5.91 Å². The fourth-order valence-electron chi connectivity index (χ4n) is 2.72. The molecular formula is C16H26ClN3O. The van der Waals surface area contributed by atoms with Crippen molar-refractivity contribution < 1.29 is 4.79 Å². The second-order valence-corrected chi connectivity index (χ2v) is 5.67. The topological polar surface area (TPSA) is 44.4 Å². The molecule has 4 nitrogen and oxygen atoms in total. The quantitative estimate of drug-likeness (QED) is 0.897. The number of halogens is 1. The van der Waals surface area contributed by atoms with E-state index in [9.17, 15) is 4.79 Å². The van der Waals surface area contributed by atoms with Gasteiger partial charge in [0.25, 0.3) is 0 Å². The number of rotatable bonds is 4. The molecular weight excluding hydrogens is 286 g/mol. The number of likely N-dealkylation sites (N-methyl/N-ethyl adjacent to an activating group) is 1. The first-order valence-corrected chi connectivity index (χ1v) is 7.42. The molecule has 2 rings (SSSR count). The van der Waals surface area contributed by atoms with Crippen molar-refractivity contribution in [2.45, 2.75) is 32.2 Å². The predicted molar refractivity (Wildman–Crippen MR) is 90.2 cm³/mol. The summed E-state index contributed by atoms with van der Waals surface area (Å²) >= 11 is 0. The SMILES string of the molecule is Cc1cccc(NC(=O)CN(C)C2CCCNCC2)c1.Cl. The van der Waals surface area contributed by atoms with Crippen molar-refractivity contribution in [3.8, 4) is 0 Å². The lowest BCUT2D eigenvalue weighted by Gasteiger charge is -2.26. The van der Waals surface area contributed by atoms with Crippen molar-refractivity contribution in [3.05, 3.63) is 29.8 Å². The van der Waals surface area contributed by atoms with Crippen molar-refractivity contribution in [1.29, 1.82) is 0 Å². The average molecular weight is 312 g/mol. The zero-order valence-corrected chi connectivity index (χ0v) is 13.7. The number of carbonyl (C=O) groups excluding carboxylic acids is 1. The minimum absolute atomic E-state index is 0. The minimum Gasteiger partial charge on any atom is -0.325 e. The van der Waals surface area contributed by atoms with Crippen LogP contribution < -0.4 is 10.6 Å². The van der Waals surface area contributed by atoms with Gasteiger partial charge in [0.1, 0.15) is 0 Å². The summed E-state index contributed by atoms with van der Waals surface area (Å²) in [5.74, 6) is 0.0651. The highest BCUT2D eigenvalue weighted by atomic mass is 35.5. The molecule has 0 saturated carbocycles. The van der Waals surface area contributed by atoms with E-state index in [2.05, 4.69) is 15.5 Å². The summed E-state index contributed by atoms with van der Waals surface area (Å²) < 4.78 is 0. The molecule has 1 unspecified atom stereocenters. The highest BCUT2D eigenvalue weighted by Crippen LogP contribution is 2.13. The number of hydrogen-bond acceptors (Lipinski definition) is 3. The molecule has 0 aliphatic carbocycles. The standard InChI is InChI=1S/C16H25N3O.ClH/c1-13-5-3-6-14(11-13)18-16(20)12-19(2)15-7-4-9-17-10-8-15;/h3,5-6,11,15,17H,4,7-10,12H2,1-2H3,(H,18,20);1H. The van der Waals surface area contributed by atoms with Gasteiger partial charge >= 0.3 is 0 Å². The smallest absolute Gasteiger partial charge is 0.238 e. The number of amides is 1. The molecule has 1 aliphatic rings. The zero-order valence-electron chi connectivity index (χ0n) is 12.9. The lowest BCUT2D eigenvalue weighted by molar-refractivity contribution is -0.117. The molecule has 1 heterocycles. The second kappa shape index (κ2) is 9.03. The molecule has 1 atom stereocenters. The molecule has 5 heteroatoms. The molecule has 0 aromatic heterocycles. The first-order chi connectivity index (χ1) is 9.65. The first kappa shape index (κ1) is 18.0. The van der Waals surface area contributed by atoms with E-state index in [4.69, 9.17) is 0 Å². The van der Waals surface area contributed by atoms with E-state index in [1.807, 2.05) is 38.2 Å². The third kappa shape index (κ3) is 6.04. The molecule has 1 saturated heterocycles. The van der Waals surface area contributed by atoms with Gasteiger partial charge in [0, 0.05) is 11.7 Å². The Morgan fingerprint density at radius 2 is 2.19 bits per heavy atom. The molecule has 0 radical (unpaired) electrons. The van der Waals surface area contributed by atoms with E-state index in [0.29, 0.717) is 12.6 Å². The lowest BCUT2D eigenvalue weighted by Crippen LogP contribution is -2.38. The van der Waals surface area contributed by atoms with Gasteiger partial charge in [-0.2, -0.15) is 0 Å². The lowest BCUT2D eigenvalue weighted by atomic mass is 10.1. The Morgan fingerprint density at radius 1 is 1.38 bits per heavy atom. The van der Waals surface area contributed by atoms with Crippen molar-refractivity contribution >= 4 is 24.0 Å². The van der Waals surface area contributed by atoms with Crippen molar-refractivity contribution in [2.75, 3.05) is 32.0 Å². The average Bonchev–Trinajstić information content (AvgIpc) is 2.67. The Labute approximate surface area is 133 Å². The molecule has 21 heavy (non-hydrogen) atoms. The predicted octanol–water partition coefficient (Wildman–Crippen LogP) is 2.43. The monoisotopic (exact) mass is 311 g/mol. The summed E-state index contributed by atoms with van der Waals surface area (Å²) in [7, 11) is 2.05. The van der Waals surface area contributed by atoms with Crippen LogP contribution in [-0.2, 0) is 4.79 Å². The summed E-state index contributed by atoms with van der Waals surface area (Å²) in [6.07, 6.45) is 3.48. The number of anilines is 1. The van der Waals surface area contributed by atoms with Crippen LogP contribution in [0.2, 0.25) is 0 Å². The van der Waals surface area contributed by atoms with Crippen LogP contribution >= 0.6 is 12.4 Å². The minimum atomic E-state index is 0. The number of aryl methyl sites for hydroxylation is 1. The van der Waals surface area contributed by atoms with Crippen molar-refractivity contribution in [3.63, 3.8) is 0 Å². The van der Waals surface area contributed by atoms with Crippen LogP contribution in [0.3, 0.4) is 0 Å². The van der Waals surface area contributed by atoms with Gasteiger partial charge in [-0.15, -0.1) is 12.4 Å². The molecule has 1 fully saturated rings. The maximum Gasteiger partial charge on any atom is 0.238 e. The van der Waals surface area contributed by atoms with E-state index in [0.717, 1.165) is 30.8 Å². The van der Waals surface area contributed by atoms with Crippen LogP contribution in [0, 0.1) is 6.92 Å². The Bertz CT molecular complexity index is 445. The Hall–Kier alpha value is -1.10. The largest absolute Gasteiger partial charge is 0.325 e. The van der Waals surface area contributed by atoms with Crippen LogP contribution in [0.1, 0.15) is 24.8 Å². The van der Waals surface area contributed by atoms with Crippen LogP contribution in [0.25, 0.3) is 0 Å². The van der Waals surface area contributed by atoms with Crippen LogP contribution in [0.15, 0.2) is 24.3 Å². The zero-order chi connectivity index (χ0) is 14.4. The highest BCUT2D eigenvalue weighted by Gasteiger charge is 2.18. The Balaban J connectivity index is 0.00000220. The van der Waals surface area contributed by atoms with Gasteiger partial charge in [-0.3, -0.25) is 9.69 Å². The molecule has 0 spiro atoms. The summed E-state index contributed by atoms with van der Waals surface area (Å²) in [4.78, 5) is 14.3. The Morgan fingerprint density at radius 3 is 2.95 bits per heavy atom. The number of benzene rings is 1. The Kier molecular flexibility index (Phi) is 7.72. The molecule has 0 bridgehead atoms. The van der Waals surface area contributed by atoms with Gasteiger partial charge in [0.15, 0.2) is 0 Å². The van der Waals surface area contributed by atoms with Gasteiger partial charge in [0.05, 0.1) is 6.54 Å². The first-order valence-electron chi connectivity index (χ1n) is 7.42. The molecule has 118 valence electrons. The molecule has 1 amide bonds. The maximum atomic E-state index is 12.1. The van der Waals surface area contributed by atoms with Gasteiger partial charge in [-0.25, -0.2) is 0 Å². The highest BCUT2D eigenvalue weighted by molar-refractivity contribution is 5.92. The summed E-state index contributed by atoms with van der Waals surface area (Å²) in [6.45, 7) is 4.63. The molecule has 2 N–H and O–H groups in total. The van der Waals surface area contributed by atoms with Gasteiger partial charge in [-0.05, 0) is 64.0 Å². The van der Waals surface area contributed by atoms with Crippen LogP contribution in [0.4, 0.5) is 5.69 Å². The molecule has 1 aliphatic heterocycles. The number of nitrogens with zero attached hydrogens (tertiary/aromatic N) is 1. The van der Waals surface area contributed by atoms with E-state index in [1.165, 1.54) is 12.8 Å². The fourth-order valence-corrected chi connectivity index (χ4v) is 2.72. The van der Waals surface area contributed by atoms with Crippen molar-refractivity contribution in [2.24, 2.45) is 0 Å². The fraction of sp³-hybridized carbons (Fsp3) is 0.562. The number of nitrogens with one attached hydrogen (secondary N) is 2. The summed E-state index contributed by atoms with van der Waals surface area (Å²) in [6, 6.07) is 8.42. The third-order valence-electron chi connectivity index (χ3n) is 3.86. The summed E-state index contributed by atoms with van der Waals surface area (Å²) in [5.41, 5.74) is 2.04. The maximum absolute atomic E-state index is 12.1. The van der Waals surface area contributed by atoms with Crippen LogP contribution in [0.5, 0.6) is 0 Å². The van der Waals surface area contributed by atoms with E-state index in [1.54, 1.807) is 0 Å².